The first-order valence-electron chi connectivity index (χ1n) is 9.37. The lowest BCUT2D eigenvalue weighted by atomic mass is 9.97. The third-order valence-electron chi connectivity index (χ3n) is 4.80. The summed E-state index contributed by atoms with van der Waals surface area (Å²) in [6, 6.07) is 7.70. The predicted molar refractivity (Wildman–Crippen MR) is 116 cm³/mol. The molecule has 3 rings (SSSR count). The molecule has 0 bridgehead atoms. The molecule has 32 heavy (non-hydrogen) atoms. The van der Waals surface area contributed by atoms with E-state index in [1.54, 1.807) is 12.1 Å². The van der Waals surface area contributed by atoms with Crippen molar-refractivity contribution in [2.45, 2.75) is 34.7 Å². The van der Waals surface area contributed by atoms with Gasteiger partial charge < -0.3 is 30.8 Å². The summed E-state index contributed by atoms with van der Waals surface area (Å²) in [5.74, 6) is 1.00. The number of rotatable bonds is 7. The first-order chi connectivity index (χ1) is 15.2. The van der Waals surface area contributed by atoms with Crippen molar-refractivity contribution in [1.29, 1.82) is 0 Å². The van der Waals surface area contributed by atoms with Crippen LogP contribution in [0.3, 0.4) is 0 Å². The third-order valence-corrected chi connectivity index (χ3v) is 6.44. The van der Waals surface area contributed by atoms with Crippen LogP contribution in [0, 0.1) is 17.5 Å². The van der Waals surface area contributed by atoms with E-state index in [-0.39, 0.29) is 11.3 Å². The molecule has 1 aliphatic rings. The molecule has 1 saturated heterocycles. The summed E-state index contributed by atoms with van der Waals surface area (Å²) in [5.41, 5.74) is 1.23. The molecule has 3 unspecified atom stereocenters. The van der Waals surface area contributed by atoms with Crippen molar-refractivity contribution in [3.05, 3.63) is 70.1 Å². The van der Waals surface area contributed by atoms with E-state index < -0.39 is 53.8 Å². The van der Waals surface area contributed by atoms with Crippen LogP contribution >= 0.6 is 27.7 Å². The fourth-order valence-electron chi connectivity index (χ4n) is 3.15. The highest BCUT2D eigenvalue weighted by molar-refractivity contribution is 9.10. The van der Waals surface area contributed by atoms with Gasteiger partial charge in [0.15, 0.2) is 17.5 Å². The summed E-state index contributed by atoms with van der Waals surface area (Å²) in [4.78, 5) is 0.771. The van der Waals surface area contributed by atoms with Crippen molar-refractivity contribution in [2.75, 3.05) is 6.61 Å². The molecule has 174 valence electrons. The van der Waals surface area contributed by atoms with Gasteiger partial charge in [-0.2, -0.15) is 0 Å². The van der Waals surface area contributed by atoms with Gasteiger partial charge in [0.25, 0.3) is 0 Å². The zero-order valence-corrected chi connectivity index (χ0v) is 18.8. The van der Waals surface area contributed by atoms with Crippen molar-refractivity contribution >= 4 is 33.4 Å². The number of hydrogen-bond acceptors (Lipinski definition) is 8. The second kappa shape index (κ2) is 10.9. The highest BCUT2D eigenvalue weighted by Gasteiger charge is 2.44. The summed E-state index contributed by atoms with van der Waals surface area (Å²) in [7, 11) is 0. The summed E-state index contributed by atoms with van der Waals surface area (Å²) < 4.78 is 46.9. The van der Waals surface area contributed by atoms with E-state index in [4.69, 9.17) is 10.6 Å². The highest BCUT2D eigenvalue weighted by Crippen LogP contribution is 2.34. The molecule has 0 aliphatic carbocycles. The molecule has 7 nitrogen and oxygen atoms in total. The first-order valence-corrected chi connectivity index (χ1v) is 11.0. The summed E-state index contributed by atoms with van der Waals surface area (Å²) in [6.45, 7) is -0.512. The molecule has 2 aromatic carbocycles. The maximum absolute atomic E-state index is 13.6. The molecule has 0 spiro atoms. The number of nitrogens with one attached hydrogen (secondary N) is 2. The molecule has 0 aromatic heterocycles. The number of nitrogens with two attached hydrogens (primary N) is 1. The second-order valence-electron chi connectivity index (χ2n) is 6.93. The molecule has 5 atom stereocenters. The minimum atomic E-state index is -1.62. The SMILES string of the molecule is NN/C(=C\NC1C(O)[C@@H](Sc2cccc(Br)c2)OC(CO)[C@@H]1O)c1cc(F)c(F)c(F)c1. The van der Waals surface area contributed by atoms with Gasteiger partial charge in [-0.25, -0.2) is 13.2 Å². The lowest BCUT2D eigenvalue weighted by molar-refractivity contribution is -0.164. The van der Waals surface area contributed by atoms with Crippen molar-refractivity contribution in [2.24, 2.45) is 5.84 Å². The minimum absolute atomic E-state index is 0.0366. The van der Waals surface area contributed by atoms with Crippen molar-refractivity contribution in [3.63, 3.8) is 0 Å². The standard InChI is InChI=1S/C20H21BrF3N3O4S/c21-10-2-1-3-11(6-10)32-20-19(30)17(18(29)15(8-28)31-20)26-7-14(27-25)9-4-12(22)16(24)13(23)5-9/h1-7,15,17-20,26-30H,8,25H2/b14-7-/t15?,17?,18-,19?,20+/m0/s1. The maximum Gasteiger partial charge on any atom is 0.194 e. The van der Waals surface area contributed by atoms with Gasteiger partial charge in [-0.05, 0) is 30.3 Å². The van der Waals surface area contributed by atoms with Crippen LogP contribution in [0.2, 0.25) is 0 Å². The van der Waals surface area contributed by atoms with E-state index in [1.807, 2.05) is 12.1 Å². The zero-order valence-electron chi connectivity index (χ0n) is 16.4. The Bertz CT molecular complexity index is 964. The molecule has 1 aliphatic heterocycles. The van der Waals surface area contributed by atoms with Crippen LogP contribution in [0.5, 0.6) is 0 Å². The van der Waals surface area contributed by atoms with Crippen LogP contribution in [0.15, 0.2) is 52.0 Å². The van der Waals surface area contributed by atoms with Gasteiger partial charge in [0.05, 0.1) is 18.3 Å². The molecule has 7 N–H and O–H groups in total. The molecule has 1 fully saturated rings. The molecule has 0 saturated carbocycles. The number of benzene rings is 2. The molecule has 2 aromatic rings. The van der Waals surface area contributed by atoms with E-state index in [9.17, 15) is 28.5 Å². The van der Waals surface area contributed by atoms with Gasteiger partial charge in [0, 0.05) is 21.1 Å². The Hall–Kier alpha value is -1.80. The fourth-order valence-corrected chi connectivity index (χ4v) is 4.83. The summed E-state index contributed by atoms with van der Waals surface area (Å²) >= 11 is 4.55. The van der Waals surface area contributed by atoms with Gasteiger partial charge in [-0.1, -0.05) is 33.8 Å². The quantitative estimate of drug-likeness (QED) is 0.180. The van der Waals surface area contributed by atoms with Crippen molar-refractivity contribution in [1.82, 2.24) is 10.7 Å². The Morgan fingerprint density at radius 3 is 2.44 bits per heavy atom. The number of aliphatic hydroxyl groups is 3. The Morgan fingerprint density at radius 1 is 1.16 bits per heavy atom. The smallest absolute Gasteiger partial charge is 0.194 e. The monoisotopic (exact) mass is 535 g/mol. The van der Waals surface area contributed by atoms with Gasteiger partial charge in [-0.3, -0.25) is 5.84 Å². The lowest BCUT2D eigenvalue weighted by Gasteiger charge is -2.42. The Morgan fingerprint density at radius 2 is 1.84 bits per heavy atom. The van der Waals surface area contributed by atoms with E-state index >= 15 is 0 Å². The Labute approximate surface area is 194 Å². The molecule has 12 heteroatoms. The van der Waals surface area contributed by atoms with Crippen molar-refractivity contribution < 1.29 is 33.2 Å². The number of aliphatic hydroxyl groups excluding tert-OH is 3. The van der Waals surface area contributed by atoms with Gasteiger partial charge >= 0.3 is 0 Å². The second-order valence-corrected chi connectivity index (χ2v) is 9.02. The third kappa shape index (κ3) is 5.57. The number of ether oxygens (including phenoxy) is 1. The zero-order chi connectivity index (χ0) is 23.4. The topological polar surface area (TPSA) is 120 Å². The van der Waals surface area contributed by atoms with Crippen LogP contribution in [-0.2, 0) is 4.74 Å². The molecular weight excluding hydrogens is 515 g/mol. The van der Waals surface area contributed by atoms with Gasteiger partial charge in [0.1, 0.15) is 23.7 Å². The summed E-state index contributed by atoms with van der Waals surface area (Å²) in [5, 5.41) is 33.7. The summed E-state index contributed by atoms with van der Waals surface area (Å²) in [6.07, 6.45) is -2.41. The van der Waals surface area contributed by atoms with Crippen molar-refractivity contribution in [3.8, 4) is 0 Å². The van der Waals surface area contributed by atoms with E-state index in [1.165, 1.54) is 18.0 Å². The molecular formula is C20H21BrF3N3O4S. The number of halogens is 4. The largest absolute Gasteiger partial charge is 0.394 e. The van der Waals surface area contributed by atoms with Crippen LogP contribution < -0.4 is 16.6 Å². The average molecular weight is 536 g/mol. The van der Waals surface area contributed by atoms with E-state index in [0.29, 0.717) is 0 Å². The Kier molecular flexibility index (Phi) is 8.44. The van der Waals surface area contributed by atoms with Crippen LogP contribution in [-0.4, -0.2) is 51.7 Å². The van der Waals surface area contributed by atoms with E-state index in [2.05, 4.69) is 26.7 Å². The Balaban J connectivity index is 1.83. The minimum Gasteiger partial charge on any atom is -0.394 e. The van der Waals surface area contributed by atoms with Crippen LogP contribution in [0.4, 0.5) is 13.2 Å². The molecule has 0 amide bonds. The van der Waals surface area contributed by atoms with Gasteiger partial charge in [0.2, 0.25) is 0 Å². The normalized spacial score (nSPS) is 26.1. The fraction of sp³-hybridized carbons (Fsp3) is 0.300. The number of hydrazine groups is 1. The predicted octanol–water partition coefficient (Wildman–Crippen LogP) is 1.82. The van der Waals surface area contributed by atoms with E-state index in [0.717, 1.165) is 21.5 Å². The van der Waals surface area contributed by atoms with Crippen LogP contribution in [0.1, 0.15) is 5.56 Å². The molecule has 1 heterocycles. The number of thioether (sulfide) groups is 1. The average Bonchev–Trinajstić information content (AvgIpc) is 2.76. The van der Waals surface area contributed by atoms with Gasteiger partial charge in [-0.15, -0.1) is 0 Å². The number of hydrogen-bond donors (Lipinski definition) is 6. The highest BCUT2D eigenvalue weighted by atomic mass is 79.9. The molecule has 0 radical (unpaired) electrons. The first kappa shape index (κ1) is 24.8. The van der Waals surface area contributed by atoms with Crippen LogP contribution in [0.25, 0.3) is 5.70 Å². The maximum atomic E-state index is 13.6. The lowest BCUT2D eigenvalue weighted by Crippen LogP contribution is -2.62.